The zero-order valence-electron chi connectivity index (χ0n) is 13.5. The van der Waals surface area contributed by atoms with E-state index in [1.165, 1.54) is 11.1 Å². The molecular formula is C19H24ClNO. The van der Waals surface area contributed by atoms with Crippen LogP contribution in [0.15, 0.2) is 48.5 Å². The molecule has 2 atom stereocenters. The Labute approximate surface area is 138 Å². The molecule has 0 saturated heterocycles. The average molecular weight is 318 g/mol. The van der Waals surface area contributed by atoms with Crippen LogP contribution >= 0.6 is 11.6 Å². The Balaban J connectivity index is 0.000000545. The normalized spacial score (nSPS) is 19.5. The van der Waals surface area contributed by atoms with Crippen LogP contribution < -0.4 is 10.1 Å². The molecule has 0 aromatic heterocycles. The first-order valence-corrected chi connectivity index (χ1v) is 8.16. The van der Waals surface area contributed by atoms with Crippen molar-refractivity contribution in [2.24, 2.45) is 0 Å². The molecule has 2 unspecified atom stereocenters. The highest BCUT2D eigenvalue weighted by atomic mass is 35.5. The molecule has 0 bridgehead atoms. The molecule has 2 nitrogen and oxygen atoms in total. The van der Waals surface area contributed by atoms with Crippen LogP contribution in [0.4, 0.5) is 0 Å². The van der Waals surface area contributed by atoms with Gasteiger partial charge in [-0.3, -0.25) is 0 Å². The third-order valence-corrected chi connectivity index (χ3v) is 4.07. The van der Waals surface area contributed by atoms with Gasteiger partial charge in [-0.2, -0.15) is 0 Å². The number of halogens is 1. The molecule has 118 valence electrons. The fourth-order valence-electron chi connectivity index (χ4n) is 2.75. The van der Waals surface area contributed by atoms with E-state index in [1.807, 2.05) is 32.3 Å². The number of fused-ring (bicyclic) bond motifs is 1. The van der Waals surface area contributed by atoms with E-state index in [1.54, 1.807) is 0 Å². The van der Waals surface area contributed by atoms with Crippen LogP contribution in [0, 0.1) is 0 Å². The Bertz CT molecular complexity index is 582. The molecule has 1 heterocycles. The van der Waals surface area contributed by atoms with Crippen molar-refractivity contribution in [3.05, 3.63) is 64.7 Å². The Kier molecular flexibility index (Phi) is 6.29. The van der Waals surface area contributed by atoms with Crippen molar-refractivity contribution in [2.45, 2.75) is 31.8 Å². The van der Waals surface area contributed by atoms with Crippen LogP contribution in [0.5, 0.6) is 5.75 Å². The van der Waals surface area contributed by atoms with Crippen LogP contribution in [0.1, 0.15) is 36.8 Å². The third kappa shape index (κ3) is 4.02. The summed E-state index contributed by atoms with van der Waals surface area (Å²) in [5.74, 6) is 1.44. The van der Waals surface area contributed by atoms with Crippen molar-refractivity contribution in [1.82, 2.24) is 5.32 Å². The number of benzene rings is 2. The lowest BCUT2D eigenvalue weighted by molar-refractivity contribution is 0.161. The average Bonchev–Trinajstić information content (AvgIpc) is 2.55. The van der Waals surface area contributed by atoms with Crippen molar-refractivity contribution in [2.75, 3.05) is 14.1 Å². The van der Waals surface area contributed by atoms with E-state index in [9.17, 15) is 0 Å². The standard InChI is InChI=1S/C17H17ClO.C2H7N/c1-2-14-11-16(12-7-9-13(18)10-8-12)15-5-3-4-6-17(15)19-14;1-3-2/h3-10,14,16H,2,11H2,1H3;3H,1-2H3. The van der Waals surface area contributed by atoms with Crippen molar-refractivity contribution in [3.63, 3.8) is 0 Å². The first-order valence-electron chi connectivity index (χ1n) is 7.79. The van der Waals surface area contributed by atoms with E-state index in [0.29, 0.717) is 12.0 Å². The van der Waals surface area contributed by atoms with E-state index in [4.69, 9.17) is 16.3 Å². The molecule has 1 N–H and O–H groups in total. The Morgan fingerprint density at radius 3 is 2.36 bits per heavy atom. The fraction of sp³-hybridized carbons (Fsp3) is 0.368. The molecule has 22 heavy (non-hydrogen) atoms. The predicted octanol–water partition coefficient (Wildman–Crippen LogP) is 4.87. The van der Waals surface area contributed by atoms with E-state index in [0.717, 1.165) is 23.6 Å². The van der Waals surface area contributed by atoms with Gasteiger partial charge in [0.1, 0.15) is 5.75 Å². The quantitative estimate of drug-likeness (QED) is 0.853. The molecule has 2 aromatic carbocycles. The minimum absolute atomic E-state index is 0.301. The molecule has 0 fully saturated rings. The van der Waals surface area contributed by atoms with Gasteiger partial charge in [-0.05, 0) is 50.7 Å². The summed E-state index contributed by atoms with van der Waals surface area (Å²) < 4.78 is 6.03. The van der Waals surface area contributed by atoms with Gasteiger partial charge >= 0.3 is 0 Å². The smallest absolute Gasteiger partial charge is 0.123 e. The molecule has 3 heteroatoms. The molecule has 0 amide bonds. The maximum absolute atomic E-state index is 6.03. The van der Waals surface area contributed by atoms with Gasteiger partial charge in [-0.15, -0.1) is 0 Å². The van der Waals surface area contributed by atoms with Gasteiger partial charge in [-0.1, -0.05) is 48.9 Å². The molecule has 0 radical (unpaired) electrons. The largest absolute Gasteiger partial charge is 0.490 e. The molecule has 3 rings (SSSR count). The second kappa shape index (κ2) is 8.21. The summed E-state index contributed by atoms with van der Waals surface area (Å²) in [6.07, 6.45) is 2.38. The molecule has 0 spiro atoms. The van der Waals surface area contributed by atoms with Crippen molar-refractivity contribution < 1.29 is 4.74 Å². The maximum Gasteiger partial charge on any atom is 0.123 e. The van der Waals surface area contributed by atoms with Crippen molar-refractivity contribution in [3.8, 4) is 5.75 Å². The number of hydrogen-bond acceptors (Lipinski definition) is 2. The molecule has 0 saturated carbocycles. The van der Waals surface area contributed by atoms with E-state index in [2.05, 4.69) is 42.6 Å². The summed E-state index contributed by atoms with van der Waals surface area (Å²) in [4.78, 5) is 0. The third-order valence-electron chi connectivity index (χ3n) is 3.81. The van der Waals surface area contributed by atoms with Crippen LogP contribution in [0.3, 0.4) is 0 Å². The van der Waals surface area contributed by atoms with Gasteiger partial charge in [-0.25, -0.2) is 0 Å². The van der Waals surface area contributed by atoms with Crippen molar-refractivity contribution >= 4 is 11.6 Å². The number of ether oxygens (including phenoxy) is 1. The minimum Gasteiger partial charge on any atom is -0.490 e. The molecule has 1 aliphatic rings. The number of nitrogens with one attached hydrogen (secondary N) is 1. The maximum atomic E-state index is 6.03. The first-order chi connectivity index (χ1) is 10.7. The lowest BCUT2D eigenvalue weighted by Crippen LogP contribution is -2.25. The molecular weight excluding hydrogens is 294 g/mol. The SMILES string of the molecule is CCC1CC(c2ccc(Cl)cc2)c2ccccc2O1.CNC. The lowest BCUT2D eigenvalue weighted by Gasteiger charge is -2.32. The second-order valence-corrected chi connectivity index (χ2v) is 5.96. The first kappa shape index (κ1) is 16.9. The van der Waals surface area contributed by atoms with Gasteiger partial charge in [0.15, 0.2) is 0 Å². The summed E-state index contributed by atoms with van der Waals surface area (Å²) in [5, 5.41) is 3.54. The zero-order chi connectivity index (χ0) is 15.9. The topological polar surface area (TPSA) is 21.3 Å². The van der Waals surface area contributed by atoms with E-state index >= 15 is 0 Å². The predicted molar refractivity (Wildman–Crippen MR) is 94.0 cm³/mol. The van der Waals surface area contributed by atoms with E-state index in [-0.39, 0.29) is 0 Å². The zero-order valence-corrected chi connectivity index (χ0v) is 14.2. The number of hydrogen-bond donors (Lipinski definition) is 1. The Morgan fingerprint density at radius 1 is 1.09 bits per heavy atom. The van der Waals surface area contributed by atoms with Crippen LogP contribution in [-0.4, -0.2) is 20.2 Å². The molecule has 2 aromatic rings. The highest BCUT2D eigenvalue weighted by Gasteiger charge is 2.28. The lowest BCUT2D eigenvalue weighted by atomic mass is 9.84. The molecule has 1 aliphatic heterocycles. The summed E-state index contributed by atoms with van der Waals surface area (Å²) in [5.41, 5.74) is 2.60. The Hall–Kier alpha value is -1.51. The summed E-state index contributed by atoms with van der Waals surface area (Å²) in [6, 6.07) is 16.5. The minimum atomic E-state index is 0.301. The summed E-state index contributed by atoms with van der Waals surface area (Å²) in [7, 11) is 3.75. The Morgan fingerprint density at radius 2 is 1.73 bits per heavy atom. The summed E-state index contributed by atoms with van der Waals surface area (Å²) >= 11 is 5.98. The highest BCUT2D eigenvalue weighted by Crippen LogP contribution is 2.41. The van der Waals surface area contributed by atoms with E-state index < -0.39 is 0 Å². The summed E-state index contributed by atoms with van der Waals surface area (Å²) in [6.45, 7) is 2.18. The fourth-order valence-corrected chi connectivity index (χ4v) is 2.88. The van der Waals surface area contributed by atoms with Crippen LogP contribution in [0.2, 0.25) is 5.02 Å². The van der Waals surface area contributed by atoms with Gasteiger partial charge in [0.2, 0.25) is 0 Å². The number of para-hydroxylation sites is 1. The van der Waals surface area contributed by atoms with Crippen LogP contribution in [-0.2, 0) is 0 Å². The van der Waals surface area contributed by atoms with Gasteiger partial charge in [0.25, 0.3) is 0 Å². The number of rotatable bonds is 2. The van der Waals surface area contributed by atoms with Crippen molar-refractivity contribution in [1.29, 1.82) is 0 Å². The second-order valence-electron chi connectivity index (χ2n) is 5.53. The van der Waals surface area contributed by atoms with Gasteiger partial charge < -0.3 is 10.1 Å². The highest BCUT2D eigenvalue weighted by molar-refractivity contribution is 6.30. The van der Waals surface area contributed by atoms with Crippen LogP contribution in [0.25, 0.3) is 0 Å². The van der Waals surface area contributed by atoms with Gasteiger partial charge in [0.05, 0.1) is 6.10 Å². The monoisotopic (exact) mass is 317 g/mol. The molecule has 0 aliphatic carbocycles. The van der Waals surface area contributed by atoms with Gasteiger partial charge in [0, 0.05) is 16.5 Å².